The summed E-state index contributed by atoms with van der Waals surface area (Å²) in [6.07, 6.45) is 6.92. The largest absolute Gasteiger partial charge is 0.369 e. The van der Waals surface area contributed by atoms with E-state index in [1.807, 2.05) is 27.7 Å². The van der Waals surface area contributed by atoms with Gasteiger partial charge in [0.2, 0.25) is 5.91 Å². The van der Waals surface area contributed by atoms with Gasteiger partial charge < -0.3 is 10.6 Å². The topological polar surface area (TPSA) is 70.2 Å². The molecule has 2 N–H and O–H groups in total. The summed E-state index contributed by atoms with van der Waals surface area (Å²) >= 11 is 0. The summed E-state index contributed by atoms with van der Waals surface area (Å²) < 4.78 is 0. The molecule has 150 valence electrons. The molecule has 1 fully saturated rings. The minimum absolute atomic E-state index is 0.127. The lowest BCUT2D eigenvalue weighted by atomic mass is 9.95. The molecule has 1 aromatic heterocycles. The number of amides is 1. The van der Waals surface area contributed by atoms with Crippen LogP contribution in [-0.2, 0) is 17.6 Å². The lowest BCUT2D eigenvalue weighted by Crippen LogP contribution is -2.47. The molecule has 0 spiro atoms. The van der Waals surface area contributed by atoms with Gasteiger partial charge in [-0.2, -0.15) is 0 Å². The number of hydrogen-bond donors (Lipinski definition) is 2. The molecule has 27 heavy (non-hydrogen) atoms. The number of piperidine rings is 1. The van der Waals surface area contributed by atoms with E-state index in [4.69, 9.17) is 0 Å². The Morgan fingerprint density at radius 3 is 2.56 bits per heavy atom. The van der Waals surface area contributed by atoms with Gasteiger partial charge in [-0.25, -0.2) is 9.97 Å². The van der Waals surface area contributed by atoms with E-state index < -0.39 is 0 Å². The number of carbonyl (C=O) groups is 1. The molecule has 1 aromatic rings. The predicted octanol–water partition coefficient (Wildman–Crippen LogP) is 2.70. The Bertz CT molecular complexity index is 659. The van der Waals surface area contributed by atoms with Crippen molar-refractivity contribution in [3.8, 4) is 0 Å². The zero-order chi connectivity index (χ0) is 19.4. The minimum Gasteiger partial charge on any atom is -0.369 e. The van der Waals surface area contributed by atoms with Crippen LogP contribution in [-0.4, -0.2) is 52.5 Å². The standard InChI is InChI=1S/C21H35N5O/c1-15-23-18-8-6-5-7-17(18)20(24-15)22-13-16-9-11-26(12-10-16)14-19(27)25-21(2,3)4/h16H,5-14H2,1-4H3,(H,25,27)(H,22,23,24). The normalized spacial score (nSPS) is 18.8. The number of likely N-dealkylation sites (tertiary alicyclic amines) is 1. The molecule has 0 radical (unpaired) electrons. The van der Waals surface area contributed by atoms with Crippen LogP contribution in [0.5, 0.6) is 0 Å². The second kappa shape index (κ2) is 8.55. The summed E-state index contributed by atoms with van der Waals surface area (Å²) in [7, 11) is 0. The fraction of sp³-hybridized carbons (Fsp3) is 0.762. The summed E-state index contributed by atoms with van der Waals surface area (Å²) in [5.41, 5.74) is 2.42. The zero-order valence-electron chi connectivity index (χ0n) is 17.4. The highest BCUT2D eigenvalue weighted by Gasteiger charge is 2.23. The highest BCUT2D eigenvalue weighted by atomic mass is 16.2. The van der Waals surface area contributed by atoms with Gasteiger partial charge in [-0.3, -0.25) is 9.69 Å². The molecule has 0 atom stereocenters. The van der Waals surface area contributed by atoms with E-state index in [1.54, 1.807) is 0 Å². The Labute approximate surface area is 163 Å². The van der Waals surface area contributed by atoms with Gasteiger partial charge in [-0.05, 0) is 85.2 Å². The molecular weight excluding hydrogens is 338 g/mol. The summed E-state index contributed by atoms with van der Waals surface area (Å²) in [5.74, 6) is 2.70. The third-order valence-corrected chi connectivity index (χ3v) is 5.44. The smallest absolute Gasteiger partial charge is 0.234 e. The maximum absolute atomic E-state index is 12.1. The zero-order valence-corrected chi connectivity index (χ0v) is 17.4. The van der Waals surface area contributed by atoms with Crippen molar-refractivity contribution in [3.05, 3.63) is 17.1 Å². The van der Waals surface area contributed by atoms with Crippen molar-refractivity contribution < 1.29 is 4.79 Å². The number of nitrogens with one attached hydrogen (secondary N) is 2. The third kappa shape index (κ3) is 5.89. The molecule has 6 heteroatoms. The van der Waals surface area contributed by atoms with Crippen LogP contribution in [0.2, 0.25) is 0 Å². The first-order valence-corrected chi connectivity index (χ1v) is 10.4. The van der Waals surface area contributed by atoms with Crippen LogP contribution in [0.1, 0.15) is 63.5 Å². The van der Waals surface area contributed by atoms with Gasteiger partial charge in [0, 0.05) is 23.3 Å². The van der Waals surface area contributed by atoms with Gasteiger partial charge in [0.1, 0.15) is 11.6 Å². The van der Waals surface area contributed by atoms with E-state index in [1.165, 1.54) is 24.1 Å². The van der Waals surface area contributed by atoms with Crippen LogP contribution in [0.25, 0.3) is 0 Å². The van der Waals surface area contributed by atoms with Crippen LogP contribution in [0.3, 0.4) is 0 Å². The Balaban J connectivity index is 1.46. The highest BCUT2D eigenvalue weighted by molar-refractivity contribution is 5.78. The SMILES string of the molecule is Cc1nc2c(c(NCC3CCN(CC(=O)NC(C)(C)C)CC3)n1)CCCC2. The molecule has 1 aliphatic heterocycles. The van der Waals surface area contributed by atoms with Crippen LogP contribution in [0.15, 0.2) is 0 Å². The summed E-state index contributed by atoms with van der Waals surface area (Å²) in [4.78, 5) is 23.7. The maximum Gasteiger partial charge on any atom is 0.234 e. The van der Waals surface area contributed by atoms with Crippen molar-refractivity contribution >= 4 is 11.7 Å². The van der Waals surface area contributed by atoms with Gasteiger partial charge in [0.05, 0.1) is 6.54 Å². The van der Waals surface area contributed by atoms with Crippen LogP contribution in [0.4, 0.5) is 5.82 Å². The first-order chi connectivity index (χ1) is 12.8. The van der Waals surface area contributed by atoms with Crippen molar-refractivity contribution in [1.82, 2.24) is 20.2 Å². The minimum atomic E-state index is -0.159. The predicted molar refractivity (Wildman–Crippen MR) is 109 cm³/mol. The fourth-order valence-corrected chi connectivity index (χ4v) is 4.11. The van der Waals surface area contributed by atoms with E-state index in [-0.39, 0.29) is 11.4 Å². The molecular formula is C21H35N5O. The number of anilines is 1. The first kappa shape index (κ1) is 20.1. The Hall–Kier alpha value is -1.69. The number of fused-ring (bicyclic) bond motifs is 1. The second-order valence-corrected chi connectivity index (χ2v) is 9.15. The quantitative estimate of drug-likeness (QED) is 0.830. The van der Waals surface area contributed by atoms with Crippen molar-refractivity contribution in [1.29, 1.82) is 0 Å². The van der Waals surface area contributed by atoms with Crippen molar-refractivity contribution in [2.24, 2.45) is 5.92 Å². The molecule has 0 aromatic carbocycles. The monoisotopic (exact) mass is 373 g/mol. The molecule has 3 rings (SSSR count). The number of hydrogen-bond acceptors (Lipinski definition) is 5. The van der Waals surface area contributed by atoms with Crippen LogP contribution in [0, 0.1) is 12.8 Å². The maximum atomic E-state index is 12.1. The van der Waals surface area contributed by atoms with Gasteiger partial charge in [-0.15, -0.1) is 0 Å². The van der Waals surface area contributed by atoms with Crippen LogP contribution >= 0.6 is 0 Å². The van der Waals surface area contributed by atoms with Crippen LogP contribution < -0.4 is 10.6 Å². The van der Waals surface area contributed by atoms with Crippen molar-refractivity contribution in [2.45, 2.75) is 71.8 Å². The van der Waals surface area contributed by atoms with E-state index in [9.17, 15) is 4.79 Å². The molecule has 6 nitrogen and oxygen atoms in total. The molecule has 2 aliphatic rings. The van der Waals surface area contributed by atoms with E-state index in [0.29, 0.717) is 12.5 Å². The van der Waals surface area contributed by atoms with Gasteiger partial charge in [0.25, 0.3) is 0 Å². The number of carbonyl (C=O) groups excluding carboxylic acids is 1. The van der Waals surface area contributed by atoms with Crippen molar-refractivity contribution in [2.75, 3.05) is 31.5 Å². The summed E-state index contributed by atoms with van der Waals surface area (Å²) in [6.45, 7) is 11.5. The Morgan fingerprint density at radius 2 is 1.85 bits per heavy atom. The molecule has 0 saturated carbocycles. The Morgan fingerprint density at radius 1 is 1.15 bits per heavy atom. The van der Waals surface area contributed by atoms with E-state index in [0.717, 1.165) is 57.0 Å². The first-order valence-electron chi connectivity index (χ1n) is 10.4. The number of aromatic nitrogens is 2. The molecule has 2 heterocycles. The van der Waals surface area contributed by atoms with E-state index >= 15 is 0 Å². The summed E-state index contributed by atoms with van der Waals surface area (Å²) in [5, 5.41) is 6.67. The fourth-order valence-electron chi connectivity index (χ4n) is 4.11. The molecule has 0 unspecified atom stereocenters. The highest BCUT2D eigenvalue weighted by Crippen LogP contribution is 2.26. The number of nitrogens with zero attached hydrogens (tertiary/aromatic N) is 3. The van der Waals surface area contributed by atoms with Gasteiger partial charge >= 0.3 is 0 Å². The van der Waals surface area contributed by atoms with E-state index in [2.05, 4.69) is 25.5 Å². The molecule has 1 amide bonds. The van der Waals surface area contributed by atoms with Gasteiger partial charge in [0.15, 0.2) is 0 Å². The van der Waals surface area contributed by atoms with Gasteiger partial charge in [-0.1, -0.05) is 0 Å². The Kier molecular flexibility index (Phi) is 6.35. The molecule has 1 saturated heterocycles. The number of aryl methyl sites for hydroxylation is 2. The molecule has 0 bridgehead atoms. The second-order valence-electron chi connectivity index (χ2n) is 9.15. The number of rotatable bonds is 5. The third-order valence-electron chi connectivity index (χ3n) is 5.44. The molecule has 1 aliphatic carbocycles. The lowest BCUT2D eigenvalue weighted by molar-refractivity contribution is -0.124. The average Bonchev–Trinajstić information content (AvgIpc) is 2.59. The lowest BCUT2D eigenvalue weighted by Gasteiger charge is -2.32. The van der Waals surface area contributed by atoms with Crippen molar-refractivity contribution in [3.63, 3.8) is 0 Å². The average molecular weight is 374 g/mol. The summed E-state index contributed by atoms with van der Waals surface area (Å²) in [6, 6.07) is 0.